The van der Waals surface area contributed by atoms with Crippen LogP contribution in [0.25, 0.3) is 0 Å². The summed E-state index contributed by atoms with van der Waals surface area (Å²) in [5.74, 6) is -0.329. The highest BCUT2D eigenvalue weighted by Gasteiger charge is 2.20. The summed E-state index contributed by atoms with van der Waals surface area (Å²) in [4.78, 5) is 0. The van der Waals surface area contributed by atoms with Gasteiger partial charge in [-0.1, -0.05) is 6.92 Å². The first-order valence-corrected chi connectivity index (χ1v) is 5.74. The van der Waals surface area contributed by atoms with E-state index in [0.717, 1.165) is 12.6 Å². The highest BCUT2D eigenvalue weighted by molar-refractivity contribution is 5.36. The molecular formula is C13H17FN2O2. The Kier molecular flexibility index (Phi) is 5.08. The van der Waals surface area contributed by atoms with Crippen LogP contribution in [0.3, 0.4) is 0 Å². The summed E-state index contributed by atoms with van der Waals surface area (Å²) in [7, 11) is 0. The van der Waals surface area contributed by atoms with Gasteiger partial charge in [-0.05, 0) is 25.6 Å². The van der Waals surface area contributed by atoms with E-state index in [1.165, 1.54) is 12.1 Å². The van der Waals surface area contributed by atoms with E-state index in [-0.39, 0.29) is 12.2 Å². The van der Waals surface area contributed by atoms with Crippen LogP contribution in [0, 0.1) is 17.1 Å². The van der Waals surface area contributed by atoms with Crippen LogP contribution in [0.1, 0.15) is 19.4 Å². The number of nitrogens with one attached hydrogen (secondary N) is 1. The average Bonchev–Trinajstić information content (AvgIpc) is 2.34. The van der Waals surface area contributed by atoms with E-state index in [0.29, 0.717) is 12.3 Å². The molecule has 0 amide bonds. The fourth-order valence-corrected chi connectivity index (χ4v) is 1.36. The Balaban J connectivity index is 2.58. The topological polar surface area (TPSA) is 65.3 Å². The van der Waals surface area contributed by atoms with Crippen LogP contribution in [-0.2, 0) is 0 Å². The number of halogens is 1. The van der Waals surface area contributed by atoms with E-state index in [9.17, 15) is 9.50 Å². The van der Waals surface area contributed by atoms with Gasteiger partial charge in [0, 0.05) is 12.6 Å². The monoisotopic (exact) mass is 252 g/mol. The molecule has 1 aromatic rings. The van der Waals surface area contributed by atoms with Gasteiger partial charge in [-0.25, -0.2) is 4.39 Å². The van der Waals surface area contributed by atoms with Gasteiger partial charge < -0.3 is 15.2 Å². The molecule has 4 nitrogen and oxygen atoms in total. The van der Waals surface area contributed by atoms with E-state index in [4.69, 9.17) is 10.00 Å². The lowest BCUT2D eigenvalue weighted by Gasteiger charge is -2.23. The number of nitriles is 1. The Bertz CT molecular complexity index is 441. The predicted octanol–water partition coefficient (Wildman–Crippen LogP) is 1.44. The molecule has 0 radical (unpaired) electrons. The maximum Gasteiger partial charge on any atom is 0.144 e. The average molecular weight is 252 g/mol. The van der Waals surface area contributed by atoms with Crippen molar-refractivity contribution in [2.75, 3.05) is 19.7 Å². The van der Waals surface area contributed by atoms with E-state index in [1.807, 2.05) is 6.92 Å². The lowest BCUT2D eigenvalue weighted by atomic mass is 10.1. The largest absolute Gasteiger partial charge is 0.490 e. The zero-order valence-electron chi connectivity index (χ0n) is 10.5. The van der Waals surface area contributed by atoms with Gasteiger partial charge in [0.15, 0.2) is 0 Å². The molecule has 98 valence electrons. The fraction of sp³-hybridized carbons (Fsp3) is 0.462. The minimum absolute atomic E-state index is 0.0261. The summed E-state index contributed by atoms with van der Waals surface area (Å²) < 4.78 is 18.6. The molecule has 0 spiro atoms. The van der Waals surface area contributed by atoms with Crippen molar-refractivity contribution in [1.82, 2.24) is 5.32 Å². The highest BCUT2D eigenvalue weighted by atomic mass is 19.1. The Morgan fingerprint density at radius 3 is 2.83 bits per heavy atom. The number of aliphatic hydroxyl groups is 1. The quantitative estimate of drug-likeness (QED) is 0.804. The molecule has 0 aliphatic rings. The lowest BCUT2D eigenvalue weighted by molar-refractivity contribution is 0.0126. The fourth-order valence-electron chi connectivity index (χ4n) is 1.36. The Morgan fingerprint density at radius 2 is 2.28 bits per heavy atom. The van der Waals surface area contributed by atoms with Crippen molar-refractivity contribution in [2.45, 2.75) is 19.4 Å². The van der Waals surface area contributed by atoms with Crippen molar-refractivity contribution >= 4 is 0 Å². The smallest absolute Gasteiger partial charge is 0.144 e. The first-order chi connectivity index (χ1) is 8.48. The molecule has 0 fully saturated rings. The van der Waals surface area contributed by atoms with E-state index < -0.39 is 11.4 Å². The van der Waals surface area contributed by atoms with Crippen molar-refractivity contribution in [1.29, 1.82) is 5.26 Å². The van der Waals surface area contributed by atoms with Crippen LogP contribution >= 0.6 is 0 Å². The minimum Gasteiger partial charge on any atom is -0.490 e. The second-order valence-corrected chi connectivity index (χ2v) is 4.32. The van der Waals surface area contributed by atoms with Crippen LogP contribution in [0.2, 0.25) is 0 Å². The first-order valence-electron chi connectivity index (χ1n) is 5.74. The third-order valence-electron chi connectivity index (χ3n) is 2.37. The molecule has 0 bridgehead atoms. The lowest BCUT2D eigenvalue weighted by Crippen LogP contribution is -2.42. The number of hydrogen-bond donors (Lipinski definition) is 2. The van der Waals surface area contributed by atoms with Gasteiger partial charge in [0.25, 0.3) is 0 Å². The zero-order chi connectivity index (χ0) is 13.6. The van der Waals surface area contributed by atoms with Gasteiger partial charge in [0.2, 0.25) is 0 Å². The molecule has 1 rings (SSSR count). The predicted molar refractivity (Wildman–Crippen MR) is 65.8 cm³/mol. The van der Waals surface area contributed by atoms with Crippen LogP contribution in [0.4, 0.5) is 4.39 Å². The van der Waals surface area contributed by atoms with Crippen LogP contribution < -0.4 is 10.1 Å². The summed E-state index contributed by atoms with van der Waals surface area (Å²) in [6.07, 6.45) is 0. The number of nitrogens with zero attached hydrogens (tertiary/aromatic N) is 1. The van der Waals surface area contributed by atoms with Crippen LogP contribution in [0.5, 0.6) is 5.75 Å². The number of ether oxygens (including phenoxy) is 1. The van der Waals surface area contributed by atoms with Gasteiger partial charge >= 0.3 is 0 Å². The summed E-state index contributed by atoms with van der Waals surface area (Å²) in [6.45, 7) is 4.76. The molecule has 0 aliphatic carbocycles. The van der Waals surface area contributed by atoms with Crippen molar-refractivity contribution in [3.05, 3.63) is 29.6 Å². The molecule has 0 heterocycles. The summed E-state index contributed by atoms with van der Waals surface area (Å²) in [6, 6.07) is 5.73. The minimum atomic E-state index is -1.03. The van der Waals surface area contributed by atoms with Crippen molar-refractivity contribution in [2.24, 2.45) is 0 Å². The second-order valence-electron chi connectivity index (χ2n) is 4.32. The standard InChI is InChI=1S/C13H17FN2O2/c1-3-16-8-13(2,17)9-18-11-5-4-10(7-15)12(14)6-11/h4-6,16-17H,3,8-9H2,1-2H3. The first kappa shape index (κ1) is 14.4. The van der Waals surface area contributed by atoms with Gasteiger partial charge in [0.1, 0.15) is 29.8 Å². The van der Waals surface area contributed by atoms with Gasteiger partial charge in [-0.15, -0.1) is 0 Å². The van der Waals surface area contributed by atoms with Crippen LogP contribution in [-0.4, -0.2) is 30.4 Å². The third-order valence-corrected chi connectivity index (χ3v) is 2.37. The third kappa shape index (κ3) is 4.32. The summed E-state index contributed by atoms with van der Waals surface area (Å²) in [5, 5.41) is 21.5. The molecule has 0 aliphatic heterocycles. The zero-order valence-corrected chi connectivity index (χ0v) is 10.5. The second kappa shape index (κ2) is 6.34. The molecule has 2 N–H and O–H groups in total. The molecule has 18 heavy (non-hydrogen) atoms. The van der Waals surface area contributed by atoms with Crippen LogP contribution in [0.15, 0.2) is 18.2 Å². The van der Waals surface area contributed by atoms with Crippen molar-refractivity contribution < 1.29 is 14.2 Å². The maximum absolute atomic E-state index is 13.3. The van der Waals surface area contributed by atoms with Crippen molar-refractivity contribution in [3.8, 4) is 11.8 Å². The molecule has 0 saturated carbocycles. The maximum atomic E-state index is 13.3. The number of rotatable bonds is 6. The van der Waals surface area contributed by atoms with Crippen molar-refractivity contribution in [3.63, 3.8) is 0 Å². The normalized spacial score (nSPS) is 13.7. The molecule has 0 saturated heterocycles. The van der Waals surface area contributed by atoms with Gasteiger partial charge in [0.05, 0.1) is 5.56 Å². The SMILES string of the molecule is CCNCC(C)(O)COc1ccc(C#N)c(F)c1. The van der Waals surface area contributed by atoms with Gasteiger partial charge in [-0.2, -0.15) is 5.26 Å². The molecular weight excluding hydrogens is 235 g/mol. The molecule has 1 atom stereocenters. The molecule has 1 aromatic carbocycles. The highest BCUT2D eigenvalue weighted by Crippen LogP contribution is 2.17. The Morgan fingerprint density at radius 1 is 1.56 bits per heavy atom. The van der Waals surface area contributed by atoms with E-state index in [2.05, 4.69) is 5.32 Å². The molecule has 0 aromatic heterocycles. The van der Waals surface area contributed by atoms with E-state index in [1.54, 1.807) is 13.0 Å². The molecule has 5 heteroatoms. The Labute approximate surface area is 106 Å². The Hall–Kier alpha value is -1.64. The summed E-state index contributed by atoms with van der Waals surface area (Å²) in [5.41, 5.74) is -1.05. The van der Waals surface area contributed by atoms with E-state index >= 15 is 0 Å². The van der Waals surface area contributed by atoms with Gasteiger partial charge in [-0.3, -0.25) is 0 Å². The number of likely N-dealkylation sites (N-methyl/N-ethyl adjacent to an activating group) is 1. The number of hydrogen-bond acceptors (Lipinski definition) is 4. The molecule has 1 unspecified atom stereocenters. The number of benzene rings is 1. The summed E-state index contributed by atoms with van der Waals surface area (Å²) >= 11 is 0.